The highest BCUT2D eigenvalue weighted by Gasteiger charge is 2.36. The molecule has 0 atom stereocenters. The van der Waals surface area contributed by atoms with Crippen LogP contribution in [-0.4, -0.2) is 40.7 Å². The fourth-order valence-electron chi connectivity index (χ4n) is 2.53. The van der Waals surface area contributed by atoms with Gasteiger partial charge in [0.05, 0.1) is 22.7 Å². The molecule has 0 bridgehead atoms. The molecule has 1 heterocycles. The van der Waals surface area contributed by atoms with Crippen molar-refractivity contribution in [3.05, 3.63) is 56.4 Å². The number of benzene rings is 2. The summed E-state index contributed by atoms with van der Waals surface area (Å²) in [5.74, 6) is -1.15. The molecule has 1 fully saturated rings. The molecular weight excluding hydrogens is 484 g/mol. The molecule has 150 valence electrons. The van der Waals surface area contributed by atoms with Crippen molar-refractivity contribution in [2.75, 3.05) is 19.0 Å². The van der Waals surface area contributed by atoms with Crippen molar-refractivity contribution in [1.29, 1.82) is 0 Å². The topological polar surface area (TPSA) is 95.9 Å². The lowest BCUT2D eigenvalue weighted by Crippen LogP contribution is -2.36. The number of carbonyl (C=O) groups is 3. The molecular formula is C19H14BrClN2O5S. The van der Waals surface area contributed by atoms with Gasteiger partial charge < -0.3 is 15.2 Å². The second-order valence-electron chi connectivity index (χ2n) is 5.84. The molecule has 0 aromatic heterocycles. The molecule has 1 saturated heterocycles. The van der Waals surface area contributed by atoms with Crippen molar-refractivity contribution in [2.24, 2.45) is 0 Å². The van der Waals surface area contributed by atoms with E-state index in [0.717, 1.165) is 4.90 Å². The summed E-state index contributed by atoms with van der Waals surface area (Å²) in [6, 6.07) is 9.78. The van der Waals surface area contributed by atoms with Crippen molar-refractivity contribution >= 4 is 68.1 Å². The first-order valence-electron chi connectivity index (χ1n) is 8.16. The van der Waals surface area contributed by atoms with E-state index in [1.54, 1.807) is 36.4 Å². The van der Waals surface area contributed by atoms with Gasteiger partial charge in [0, 0.05) is 10.0 Å². The number of imide groups is 1. The third-order valence-electron chi connectivity index (χ3n) is 3.90. The van der Waals surface area contributed by atoms with Crippen LogP contribution in [-0.2, 0) is 9.59 Å². The number of hydrogen-bond donors (Lipinski definition) is 2. The Morgan fingerprint density at radius 1 is 1.34 bits per heavy atom. The number of methoxy groups -OCH3 is 1. The van der Waals surface area contributed by atoms with Gasteiger partial charge in [-0.05, 0) is 42.1 Å². The van der Waals surface area contributed by atoms with Crippen molar-refractivity contribution in [1.82, 2.24) is 4.90 Å². The van der Waals surface area contributed by atoms with Crippen LogP contribution in [0, 0.1) is 0 Å². The monoisotopic (exact) mass is 496 g/mol. The number of nitrogens with zero attached hydrogens (tertiary/aromatic N) is 1. The molecule has 0 radical (unpaired) electrons. The number of anilines is 1. The summed E-state index contributed by atoms with van der Waals surface area (Å²) in [5.41, 5.74) is 0.676. The molecule has 0 saturated carbocycles. The highest BCUT2D eigenvalue weighted by atomic mass is 79.9. The zero-order chi connectivity index (χ0) is 21.1. The Morgan fingerprint density at radius 2 is 2.07 bits per heavy atom. The first-order valence-corrected chi connectivity index (χ1v) is 10.1. The summed E-state index contributed by atoms with van der Waals surface area (Å²) in [6.07, 6.45) is 1.37. The van der Waals surface area contributed by atoms with E-state index in [0.29, 0.717) is 32.5 Å². The third-order valence-corrected chi connectivity index (χ3v) is 5.59. The summed E-state index contributed by atoms with van der Waals surface area (Å²) < 4.78 is 5.70. The number of para-hydroxylation sites is 1. The second kappa shape index (κ2) is 8.89. The van der Waals surface area contributed by atoms with Crippen molar-refractivity contribution in [3.63, 3.8) is 0 Å². The minimum Gasteiger partial charge on any atom is -0.504 e. The minimum absolute atomic E-state index is 0.0796. The van der Waals surface area contributed by atoms with Crippen LogP contribution in [0.5, 0.6) is 11.5 Å². The van der Waals surface area contributed by atoms with Crippen molar-refractivity contribution in [2.45, 2.75) is 0 Å². The van der Waals surface area contributed by atoms with Gasteiger partial charge in [-0.2, -0.15) is 0 Å². The first kappa shape index (κ1) is 21.2. The van der Waals surface area contributed by atoms with Gasteiger partial charge >= 0.3 is 0 Å². The van der Waals surface area contributed by atoms with Crippen molar-refractivity contribution in [3.8, 4) is 11.5 Å². The molecule has 29 heavy (non-hydrogen) atoms. The number of halogens is 2. The Bertz CT molecular complexity index is 1040. The van der Waals surface area contributed by atoms with Crippen LogP contribution in [0.1, 0.15) is 5.56 Å². The number of carbonyl (C=O) groups excluding carboxylic acids is 3. The molecule has 1 aliphatic heterocycles. The third kappa shape index (κ3) is 4.75. The Morgan fingerprint density at radius 3 is 2.76 bits per heavy atom. The number of thioether (sulfide) groups is 1. The maximum absolute atomic E-state index is 12.6. The lowest BCUT2D eigenvalue weighted by Gasteiger charge is -2.13. The molecule has 3 rings (SSSR count). The number of nitrogens with one attached hydrogen (secondary N) is 1. The van der Waals surface area contributed by atoms with E-state index in [1.807, 2.05) is 0 Å². The van der Waals surface area contributed by atoms with Crippen LogP contribution in [0.4, 0.5) is 10.5 Å². The quantitative estimate of drug-likeness (QED) is 0.591. The zero-order valence-corrected chi connectivity index (χ0v) is 18.1. The SMILES string of the molecule is COc1cc(Br)cc(/C=C2/SC(=O)N(CC(=O)Nc3ccccc3Cl)C2=O)c1O. The predicted octanol–water partition coefficient (Wildman–Crippen LogP) is 4.49. The zero-order valence-electron chi connectivity index (χ0n) is 14.9. The van der Waals surface area contributed by atoms with Crippen LogP contribution in [0.15, 0.2) is 45.8 Å². The van der Waals surface area contributed by atoms with Crippen LogP contribution >= 0.6 is 39.3 Å². The maximum atomic E-state index is 12.6. The lowest BCUT2D eigenvalue weighted by atomic mass is 10.1. The maximum Gasteiger partial charge on any atom is 0.294 e. The molecule has 2 N–H and O–H groups in total. The summed E-state index contributed by atoms with van der Waals surface area (Å²) in [4.78, 5) is 38.0. The van der Waals surface area contributed by atoms with E-state index in [2.05, 4.69) is 21.2 Å². The van der Waals surface area contributed by atoms with E-state index >= 15 is 0 Å². The number of ether oxygens (including phenoxy) is 1. The molecule has 0 aliphatic carbocycles. The van der Waals surface area contributed by atoms with Crippen LogP contribution < -0.4 is 10.1 Å². The molecule has 2 aromatic rings. The fraction of sp³-hybridized carbons (Fsp3) is 0.105. The Hall–Kier alpha value is -2.49. The number of phenolic OH excluding ortho intramolecular Hbond substituents is 1. The standard InChI is InChI=1S/C19H14BrClN2O5S/c1-28-14-8-11(20)6-10(17(14)25)7-15-18(26)23(19(27)29-15)9-16(24)22-13-5-3-2-4-12(13)21/h2-8,25H,9H2,1H3,(H,22,24)/b15-7+. The Balaban J connectivity index is 1.78. The average molecular weight is 498 g/mol. The van der Waals surface area contributed by atoms with E-state index < -0.39 is 23.6 Å². The van der Waals surface area contributed by atoms with E-state index in [1.165, 1.54) is 13.2 Å². The number of rotatable bonds is 5. The summed E-state index contributed by atoms with van der Waals surface area (Å²) in [7, 11) is 1.40. The first-order chi connectivity index (χ1) is 13.8. The van der Waals surface area contributed by atoms with E-state index in [9.17, 15) is 19.5 Å². The van der Waals surface area contributed by atoms with Gasteiger partial charge in [0.15, 0.2) is 11.5 Å². The molecule has 3 amide bonds. The van der Waals surface area contributed by atoms with Gasteiger partial charge in [-0.1, -0.05) is 39.7 Å². The molecule has 10 heteroatoms. The predicted molar refractivity (Wildman–Crippen MR) is 115 cm³/mol. The largest absolute Gasteiger partial charge is 0.504 e. The number of amides is 3. The Kier molecular flexibility index (Phi) is 6.51. The van der Waals surface area contributed by atoms with Crippen LogP contribution in [0.2, 0.25) is 5.02 Å². The van der Waals surface area contributed by atoms with Crippen LogP contribution in [0.25, 0.3) is 6.08 Å². The van der Waals surface area contributed by atoms with E-state index in [-0.39, 0.29) is 16.4 Å². The van der Waals surface area contributed by atoms with Gasteiger partial charge in [-0.25, -0.2) is 0 Å². The lowest BCUT2D eigenvalue weighted by molar-refractivity contribution is -0.127. The number of phenols is 1. The summed E-state index contributed by atoms with van der Waals surface area (Å²) in [5, 5.41) is 12.6. The van der Waals surface area contributed by atoms with Gasteiger partial charge in [0.2, 0.25) is 5.91 Å². The van der Waals surface area contributed by atoms with E-state index in [4.69, 9.17) is 16.3 Å². The highest BCUT2D eigenvalue weighted by Crippen LogP contribution is 2.38. The molecule has 1 aliphatic rings. The number of hydrogen-bond acceptors (Lipinski definition) is 6. The fourth-order valence-corrected chi connectivity index (χ4v) is 4.00. The molecule has 0 unspecified atom stereocenters. The average Bonchev–Trinajstić information content (AvgIpc) is 2.93. The normalized spacial score (nSPS) is 15.1. The highest BCUT2D eigenvalue weighted by molar-refractivity contribution is 9.10. The minimum atomic E-state index is -0.632. The van der Waals surface area contributed by atoms with Gasteiger partial charge in [0.1, 0.15) is 6.54 Å². The van der Waals surface area contributed by atoms with Crippen molar-refractivity contribution < 1.29 is 24.2 Å². The van der Waals surface area contributed by atoms with Crippen LogP contribution in [0.3, 0.4) is 0 Å². The van der Waals surface area contributed by atoms with Gasteiger partial charge in [-0.3, -0.25) is 19.3 Å². The Labute approximate surface area is 183 Å². The van der Waals surface area contributed by atoms with Gasteiger partial charge in [-0.15, -0.1) is 0 Å². The number of aromatic hydroxyl groups is 1. The smallest absolute Gasteiger partial charge is 0.294 e. The summed E-state index contributed by atoms with van der Waals surface area (Å²) >= 11 is 9.97. The molecule has 0 spiro atoms. The molecule has 7 nitrogen and oxygen atoms in total. The molecule has 2 aromatic carbocycles. The second-order valence-corrected chi connectivity index (χ2v) is 8.16. The van der Waals surface area contributed by atoms with Gasteiger partial charge in [0.25, 0.3) is 11.1 Å². The summed E-state index contributed by atoms with van der Waals surface area (Å²) in [6.45, 7) is -0.457.